The molecule has 3 rings (SSSR count). The first-order valence-corrected chi connectivity index (χ1v) is 11.3. The zero-order valence-electron chi connectivity index (χ0n) is 18.4. The van der Waals surface area contributed by atoms with Gasteiger partial charge in [0.1, 0.15) is 5.82 Å². The van der Waals surface area contributed by atoms with Crippen LogP contribution < -0.4 is 0 Å². The number of para-hydroxylation sites is 1. The number of carbonyl (C=O) groups is 1. The van der Waals surface area contributed by atoms with Gasteiger partial charge in [0, 0.05) is 18.5 Å². The minimum absolute atomic E-state index is 0.119. The van der Waals surface area contributed by atoms with Crippen molar-refractivity contribution in [2.75, 3.05) is 5.75 Å². The maximum Gasteiger partial charge on any atom is 0.233 e. The van der Waals surface area contributed by atoms with Gasteiger partial charge in [0.2, 0.25) is 5.91 Å². The molecule has 0 spiro atoms. The molecule has 6 heteroatoms. The first-order chi connectivity index (χ1) is 14.4. The summed E-state index contributed by atoms with van der Waals surface area (Å²) < 4.78 is 2.09. The average Bonchev–Trinajstić information content (AvgIpc) is 3.09. The van der Waals surface area contributed by atoms with Crippen LogP contribution in [0.25, 0.3) is 5.69 Å². The van der Waals surface area contributed by atoms with Crippen molar-refractivity contribution < 1.29 is 4.79 Å². The SMILES string of the molecule is Cc1ccccc1-n1c(Cc2ccccc2)nnc1SCC(=O)N(C(C)C)C(C)C. The monoisotopic (exact) mass is 422 g/mol. The molecule has 1 heterocycles. The third-order valence-corrected chi connectivity index (χ3v) is 5.90. The van der Waals surface area contributed by atoms with Gasteiger partial charge in [-0.25, -0.2) is 0 Å². The molecule has 30 heavy (non-hydrogen) atoms. The molecule has 0 N–H and O–H groups in total. The van der Waals surface area contributed by atoms with Crippen LogP contribution in [0.3, 0.4) is 0 Å². The summed E-state index contributed by atoms with van der Waals surface area (Å²) in [5.74, 6) is 1.33. The molecule has 0 atom stereocenters. The Morgan fingerprint density at radius 3 is 2.23 bits per heavy atom. The Labute approximate surface area is 183 Å². The number of benzene rings is 2. The van der Waals surface area contributed by atoms with E-state index in [-0.39, 0.29) is 18.0 Å². The summed E-state index contributed by atoms with van der Waals surface area (Å²) in [6.45, 7) is 10.3. The van der Waals surface area contributed by atoms with Crippen molar-refractivity contribution in [2.45, 2.75) is 58.3 Å². The van der Waals surface area contributed by atoms with E-state index in [4.69, 9.17) is 0 Å². The van der Waals surface area contributed by atoms with Gasteiger partial charge in [0.25, 0.3) is 0 Å². The molecule has 0 aliphatic carbocycles. The summed E-state index contributed by atoms with van der Waals surface area (Å²) >= 11 is 1.45. The van der Waals surface area contributed by atoms with Crippen molar-refractivity contribution in [2.24, 2.45) is 0 Å². The summed E-state index contributed by atoms with van der Waals surface area (Å²) in [6.07, 6.45) is 0.681. The predicted octanol–water partition coefficient (Wildman–Crippen LogP) is 4.90. The zero-order valence-corrected chi connectivity index (χ0v) is 19.2. The summed E-state index contributed by atoms with van der Waals surface area (Å²) in [7, 11) is 0. The van der Waals surface area contributed by atoms with Crippen LogP contribution in [0.2, 0.25) is 0 Å². The van der Waals surface area contributed by atoms with Gasteiger partial charge in [0.05, 0.1) is 11.4 Å². The minimum atomic E-state index is 0.119. The van der Waals surface area contributed by atoms with E-state index in [0.29, 0.717) is 12.2 Å². The average molecular weight is 423 g/mol. The summed E-state index contributed by atoms with van der Waals surface area (Å²) in [4.78, 5) is 14.8. The number of hydrogen-bond acceptors (Lipinski definition) is 4. The van der Waals surface area contributed by atoms with Crippen molar-refractivity contribution >= 4 is 17.7 Å². The van der Waals surface area contributed by atoms with Crippen molar-refractivity contribution in [1.82, 2.24) is 19.7 Å². The van der Waals surface area contributed by atoms with E-state index in [1.54, 1.807) is 0 Å². The van der Waals surface area contributed by atoms with Crippen LogP contribution in [0.15, 0.2) is 59.8 Å². The number of amides is 1. The van der Waals surface area contributed by atoms with Crippen LogP contribution in [-0.2, 0) is 11.2 Å². The van der Waals surface area contributed by atoms with Gasteiger partial charge in [-0.3, -0.25) is 9.36 Å². The van der Waals surface area contributed by atoms with Crippen LogP contribution >= 0.6 is 11.8 Å². The lowest BCUT2D eigenvalue weighted by Gasteiger charge is -2.30. The standard InChI is InChI=1S/C24H30N4OS/c1-17(2)27(18(3)4)23(29)16-30-24-26-25-22(15-20-12-7-6-8-13-20)28(24)21-14-10-9-11-19(21)5/h6-14,17-18H,15-16H2,1-5H3. The second-order valence-electron chi connectivity index (χ2n) is 7.96. The molecule has 1 aromatic heterocycles. The maximum atomic E-state index is 12.9. The van der Waals surface area contributed by atoms with Crippen molar-refractivity contribution in [3.8, 4) is 5.69 Å². The van der Waals surface area contributed by atoms with Crippen LogP contribution in [0.1, 0.15) is 44.6 Å². The molecule has 0 saturated carbocycles. The number of nitrogens with zero attached hydrogens (tertiary/aromatic N) is 4. The molecule has 3 aromatic rings. The molecule has 0 aliphatic heterocycles. The molecule has 0 aliphatic rings. The maximum absolute atomic E-state index is 12.9. The van der Waals surface area contributed by atoms with Gasteiger partial charge in [-0.2, -0.15) is 0 Å². The van der Waals surface area contributed by atoms with E-state index < -0.39 is 0 Å². The van der Waals surface area contributed by atoms with E-state index in [1.807, 2.05) is 35.2 Å². The van der Waals surface area contributed by atoms with E-state index in [1.165, 1.54) is 17.3 Å². The number of rotatable bonds is 8. The topological polar surface area (TPSA) is 51.0 Å². The fourth-order valence-corrected chi connectivity index (χ4v) is 4.55. The van der Waals surface area contributed by atoms with E-state index >= 15 is 0 Å². The van der Waals surface area contributed by atoms with Gasteiger partial charge in [-0.1, -0.05) is 60.3 Å². The highest BCUT2D eigenvalue weighted by molar-refractivity contribution is 7.99. The highest BCUT2D eigenvalue weighted by Gasteiger charge is 2.22. The Morgan fingerprint density at radius 2 is 1.60 bits per heavy atom. The first-order valence-electron chi connectivity index (χ1n) is 10.4. The Kier molecular flexibility index (Phi) is 7.32. The van der Waals surface area contributed by atoms with Crippen LogP contribution in [0, 0.1) is 6.92 Å². The van der Waals surface area contributed by atoms with Gasteiger partial charge < -0.3 is 4.90 Å². The molecule has 2 aromatic carbocycles. The molecule has 5 nitrogen and oxygen atoms in total. The summed E-state index contributed by atoms with van der Waals surface area (Å²) in [5, 5.41) is 9.69. The van der Waals surface area contributed by atoms with Gasteiger partial charge in [0.15, 0.2) is 5.16 Å². The highest BCUT2D eigenvalue weighted by atomic mass is 32.2. The lowest BCUT2D eigenvalue weighted by Crippen LogP contribution is -2.43. The Bertz CT molecular complexity index is 974. The second kappa shape index (κ2) is 9.94. The van der Waals surface area contributed by atoms with Gasteiger partial charge in [-0.05, 0) is 51.8 Å². The normalized spacial score (nSPS) is 11.3. The smallest absolute Gasteiger partial charge is 0.233 e. The predicted molar refractivity (Wildman–Crippen MR) is 123 cm³/mol. The number of hydrogen-bond donors (Lipinski definition) is 0. The highest BCUT2D eigenvalue weighted by Crippen LogP contribution is 2.26. The van der Waals surface area contributed by atoms with Crippen molar-refractivity contribution in [3.05, 3.63) is 71.5 Å². The van der Waals surface area contributed by atoms with Crippen LogP contribution in [0.5, 0.6) is 0 Å². The molecule has 0 radical (unpaired) electrons. The quantitative estimate of drug-likeness (QED) is 0.484. The minimum Gasteiger partial charge on any atom is -0.337 e. The number of carbonyl (C=O) groups excluding carboxylic acids is 1. The molecule has 0 bridgehead atoms. The number of aryl methyl sites for hydroxylation is 1. The van der Waals surface area contributed by atoms with Crippen molar-refractivity contribution in [3.63, 3.8) is 0 Å². The lowest BCUT2D eigenvalue weighted by atomic mass is 10.1. The third-order valence-electron chi connectivity index (χ3n) is 4.99. The number of thioether (sulfide) groups is 1. The Balaban J connectivity index is 1.91. The Morgan fingerprint density at radius 1 is 0.967 bits per heavy atom. The fourth-order valence-electron chi connectivity index (χ4n) is 3.72. The van der Waals surface area contributed by atoms with Gasteiger partial charge >= 0.3 is 0 Å². The van der Waals surface area contributed by atoms with Crippen LogP contribution in [-0.4, -0.2) is 43.4 Å². The molecular weight excluding hydrogens is 392 g/mol. The molecular formula is C24H30N4OS. The van der Waals surface area contributed by atoms with E-state index in [2.05, 4.69) is 73.6 Å². The molecule has 0 unspecified atom stereocenters. The molecule has 0 saturated heterocycles. The van der Waals surface area contributed by atoms with Crippen molar-refractivity contribution in [1.29, 1.82) is 0 Å². The first kappa shape index (κ1) is 22.1. The third kappa shape index (κ3) is 5.11. The van der Waals surface area contributed by atoms with E-state index in [9.17, 15) is 4.79 Å². The summed E-state index contributed by atoms with van der Waals surface area (Å²) in [5.41, 5.74) is 3.37. The lowest BCUT2D eigenvalue weighted by molar-refractivity contribution is -0.131. The molecule has 1 amide bonds. The van der Waals surface area contributed by atoms with Crippen LogP contribution in [0.4, 0.5) is 0 Å². The number of aromatic nitrogens is 3. The fraction of sp³-hybridized carbons (Fsp3) is 0.375. The largest absolute Gasteiger partial charge is 0.337 e. The zero-order chi connectivity index (χ0) is 21.7. The molecule has 158 valence electrons. The molecule has 0 fully saturated rings. The van der Waals surface area contributed by atoms with Gasteiger partial charge in [-0.15, -0.1) is 10.2 Å². The second-order valence-corrected chi connectivity index (χ2v) is 8.90. The van der Waals surface area contributed by atoms with E-state index in [0.717, 1.165) is 22.2 Å². The Hall–Kier alpha value is -2.60. The summed E-state index contributed by atoms with van der Waals surface area (Å²) in [6, 6.07) is 18.8.